The molecule has 1 aromatic rings. The first-order valence-corrected chi connectivity index (χ1v) is 6.52. The molecule has 0 saturated heterocycles. The van der Waals surface area contributed by atoms with Crippen LogP contribution in [0, 0.1) is 5.92 Å². The SMILES string of the molecule is COC(=O)C1(NCC(C)C)CCc2ccccc21. The summed E-state index contributed by atoms with van der Waals surface area (Å²) in [5.74, 6) is 0.326. The highest BCUT2D eigenvalue weighted by molar-refractivity contribution is 5.84. The van der Waals surface area contributed by atoms with Gasteiger partial charge in [-0.05, 0) is 36.4 Å². The fraction of sp³-hybridized carbons (Fsp3) is 0.533. The van der Waals surface area contributed by atoms with E-state index in [2.05, 4.69) is 25.2 Å². The summed E-state index contributed by atoms with van der Waals surface area (Å²) in [5.41, 5.74) is 1.69. The molecule has 3 nitrogen and oxygen atoms in total. The maximum absolute atomic E-state index is 12.2. The fourth-order valence-electron chi connectivity index (χ4n) is 2.63. The third kappa shape index (κ3) is 2.15. The van der Waals surface area contributed by atoms with Crippen LogP contribution in [0.1, 0.15) is 31.4 Å². The molecule has 1 aromatic carbocycles. The topological polar surface area (TPSA) is 38.3 Å². The van der Waals surface area contributed by atoms with Crippen LogP contribution in [0.4, 0.5) is 0 Å². The van der Waals surface area contributed by atoms with E-state index in [-0.39, 0.29) is 5.97 Å². The number of nitrogens with one attached hydrogen (secondary N) is 1. The van der Waals surface area contributed by atoms with Gasteiger partial charge in [0.2, 0.25) is 0 Å². The molecule has 1 N–H and O–H groups in total. The predicted molar refractivity (Wildman–Crippen MR) is 71.3 cm³/mol. The number of aryl methyl sites for hydroxylation is 1. The normalized spacial score (nSPS) is 22.0. The van der Waals surface area contributed by atoms with Crippen LogP contribution in [0.15, 0.2) is 24.3 Å². The van der Waals surface area contributed by atoms with Crippen LogP contribution in [-0.4, -0.2) is 19.6 Å². The quantitative estimate of drug-likeness (QED) is 0.829. The first-order chi connectivity index (χ1) is 8.60. The van der Waals surface area contributed by atoms with E-state index in [4.69, 9.17) is 4.74 Å². The van der Waals surface area contributed by atoms with Gasteiger partial charge in [0.05, 0.1) is 7.11 Å². The lowest BCUT2D eigenvalue weighted by atomic mass is 9.91. The Labute approximate surface area is 109 Å². The standard InChI is InChI=1S/C15H21NO2/c1-11(2)10-16-15(14(17)18-3)9-8-12-6-4-5-7-13(12)15/h4-7,11,16H,8-10H2,1-3H3. The molecule has 0 fully saturated rings. The summed E-state index contributed by atoms with van der Waals surface area (Å²) in [5, 5.41) is 3.43. The van der Waals surface area contributed by atoms with Gasteiger partial charge in [-0.3, -0.25) is 5.32 Å². The van der Waals surface area contributed by atoms with Crippen LogP contribution in [0.3, 0.4) is 0 Å². The van der Waals surface area contributed by atoms with Gasteiger partial charge in [0.15, 0.2) is 0 Å². The molecule has 0 aromatic heterocycles. The lowest BCUT2D eigenvalue weighted by Gasteiger charge is -2.29. The number of hydrogen-bond acceptors (Lipinski definition) is 3. The molecule has 1 aliphatic carbocycles. The number of fused-ring (bicyclic) bond motifs is 1. The Kier molecular flexibility index (Phi) is 3.71. The molecule has 0 radical (unpaired) electrons. The zero-order valence-electron chi connectivity index (χ0n) is 11.3. The smallest absolute Gasteiger partial charge is 0.330 e. The molecule has 0 heterocycles. The van der Waals surface area contributed by atoms with Gasteiger partial charge in [-0.2, -0.15) is 0 Å². The van der Waals surface area contributed by atoms with Gasteiger partial charge in [0.1, 0.15) is 5.54 Å². The van der Waals surface area contributed by atoms with Crippen LogP contribution in [-0.2, 0) is 21.5 Å². The number of carbonyl (C=O) groups is 1. The molecule has 1 atom stereocenters. The molecular weight excluding hydrogens is 226 g/mol. The molecule has 0 aliphatic heterocycles. The Hall–Kier alpha value is -1.35. The number of rotatable bonds is 4. The molecule has 98 valence electrons. The van der Waals surface area contributed by atoms with Crippen molar-refractivity contribution in [3.63, 3.8) is 0 Å². The summed E-state index contributed by atoms with van der Waals surface area (Å²) < 4.78 is 5.03. The highest BCUT2D eigenvalue weighted by atomic mass is 16.5. The Morgan fingerprint density at radius 2 is 2.17 bits per heavy atom. The summed E-state index contributed by atoms with van der Waals surface area (Å²) in [6, 6.07) is 8.14. The number of carbonyl (C=O) groups excluding carboxylic acids is 1. The minimum absolute atomic E-state index is 0.173. The molecule has 18 heavy (non-hydrogen) atoms. The fourth-order valence-corrected chi connectivity index (χ4v) is 2.63. The highest BCUT2D eigenvalue weighted by Crippen LogP contribution is 2.37. The summed E-state index contributed by atoms with van der Waals surface area (Å²) in [7, 11) is 1.46. The third-order valence-electron chi connectivity index (χ3n) is 3.59. The van der Waals surface area contributed by atoms with E-state index in [1.54, 1.807) is 0 Å². The number of hydrogen-bond donors (Lipinski definition) is 1. The zero-order chi connectivity index (χ0) is 13.2. The predicted octanol–water partition coefficient (Wildman–Crippen LogP) is 2.25. The van der Waals surface area contributed by atoms with Gasteiger partial charge >= 0.3 is 5.97 Å². The van der Waals surface area contributed by atoms with E-state index in [9.17, 15) is 4.79 Å². The van der Waals surface area contributed by atoms with Gasteiger partial charge in [-0.25, -0.2) is 4.79 Å². The number of ether oxygens (including phenoxy) is 1. The Morgan fingerprint density at radius 1 is 1.44 bits per heavy atom. The third-order valence-corrected chi connectivity index (χ3v) is 3.59. The molecule has 1 unspecified atom stereocenters. The zero-order valence-corrected chi connectivity index (χ0v) is 11.3. The summed E-state index contributed by atoms with van der Waals surface area (Å²) >= 11 is 0. The Balaban J connectivity index is 2.36. The van der Waals surface area contributed by atoms with Crippen molar-refractivity contribution < 1.29 is 9.53 Å². The maximum atomic E-state index is 12.2. The van der Waals surface area contributed by atoms with Crippen LogP contribution < -0.4 is 5.32 Å². The number of benzene rings is 1. The molecule has 3 heteroatoms. The Bertz CT molecular complexity index is 442. The van der Waals surface area contributed by atoms with Crippen molar-refractivity contribution in [1.29, 1.82) is 0 Å². The van der Waals surface area contributed by atoms with Gasteiger partial charge in [-0.1, -0.05) is 38.1 Å². The van der Waals surface area contributed by atoms with Crippen LogP contribution >= 0.6 is 0 Å². The second kappa shape index (κ2) is 5.11. The largest absolute Gasteiger partial charge is 0.467 e. The van der Waals surface area contributed by atoms with Crippen LogP contribution in [0.5, 0.6) is 0 Å². The lowest BCUT2D eigenvalue weighted by molar-refractivity contribution is -0.149. The van der Waals surface area contributed by atoms with Gasteiger partial charge in [0.25, 0.3) is 0 Å². The van der Waals surface area contributed by atoms with Crippen LogP contribution in [0.25, 0.3) is 0 Å². The lowest BCUT2D eigenvalue weighted by Crippen LogP contribution is -2.49. The minimum atomic E-state index is -0.643. The average molecular weight is 247 g/mol. The van der Waals surface area contributed by atoms with Gasteiger partial charge < -0.3 is 4.74 Å². The minimum Gasteiger partial charge on any atom is -0.467 e. The van der Waals surface area contributed by atoms with E-state index in [1.165, 1.54) is 12.7 Å². The van der Waals surface area contributed by atoms with Crippen molar-refractivity contribution in [3.8, 4) is 0 Å². The van der Waals surface area contributed by atoms with Crippen molar-refractivity contribution in [3.05, 3.63) is 35.4 Å². The highest BCUT2D eigenvalue weighted by Gasteiger charge is 2.45. The first-order valence-electron chi connectivity index (χ1n) is 6.52. The summed E-state index contributed by atoms with van der Waals surface area (Å²) in [4.78, 5) is 12.2. The monoisotopic (exact) mass is 247 g/mol. The molecular formula is C15H21NO2. The second-order valence-corrected chi connectivity index (χ2v) is 5.33. The number of esters is 1. The van der Waals surface area contributed by atoms with E-state index < -0.39 is 5.54 Å². The number of methoxy groups -OCH3 is 1. The van der Waals surface area contributed by atoms with Crippen molar-refractivity contribution in [2.24, 2.45) is 5.92 Å². The molecule has 0 spiro atoms. The van der Waals surface area contributed by atoms with Crippen molar-refractivity contribution >= 4 is 5.97 Å². The molecule has 1 aliphatic rings. The Morgan fingerprint density at radius 3 is 2.83 bits per heavy atom. The molecule has 0 amide bonds. The van der Waals surface area contributed by atoms with E-state index in [0.717, 1.165) is 24.9 Å². The van der Waals surface area contributed by atoms with E-state index in [1.807, 2.05) is 18.2 Å². The maximum Gasteiger partial charge on any atom is 0.330 e. The molecule has 0 saturated carbocycles. The summed E-state index contributed by atoms with van der Waals surface area (Å²) in [6.07, 6.45) is 1.71. The van der Waals surface area contributed by atoms with Gasteiger partial charge in [-0.15, -0.1) is 0 Å². The van der Waals surface area contributed by atoms with E-state index in [0.29, 0.717) is 5.92 Å². The van der Waals surface area contributed by atoms with Crippen LogP contribution in [0.2, 0.25) is 0 Å². The van der Waals surface area contributed by atoms with Gasteiger partial charge in [0, 0.05) is 0 Å². The molecule has 0 bridgehead atoms. The van der Waals surface area contributed by atoms with Crippen molar-refractivity contribution in [2.45, 2.75) is 32.2 Å². The summed E-state index contributed by atoms with van der Waals surface area (Å²) in [6.45, 7) is 5.08. The second-order valence-electron chi connectivity index (χ2n) is 5.33. The molecule has 2 rings (SSSR count). The van der Waals surface area contributed by atoms with Crippen molar-refractivity contribution in [2.75, 3.05) is 13.7 Å². The van der Waals surface area contributed by atoms with Crippen molar-refractivity contribution in [1.82, 2.24) is 5.32 Å². The average Bonchev–Trinajstić information content (AvgIpc) is 2.76. The first kappa shape index (κ1) is 13.1. The van der Waals surface area contributed by atoms with E-state index >= 15 is 0 Å².